The summed E-state index contributed by atoms with van der Waals surface area (Å²) in [7, 11) is -3.24. The third-order valence-corrected chi connectivity index (χ3v) is 4.69. The lowest BCUT2D eigenvalue weighted by molar-refractivity contribution is -0.119. The van der Waals surface area contributed by atoms with Crippen molar-refractivity contribution in [2.45, 2.75) is 25.5 Å². The van der Waals surface area contributed by atoms with Crippen molar-refractivity contribution in [1.82, 2.24) is 9.78 Å². The molecule has 2 aliphatic rings. The Morgan fingerprint density at radius 1 is 1.03 bits per heavy atom. The first-order valence-corrected chi connectivity index (χ1v) is 9.34. The van der Waals surface area contributed by atoms with Gasteiger partial charge in [-0.25, -0.2) is 4.68 Å². The van der Waals surface area contributed by atoms with E-state index >= 15 is 0 Å². The second-order valence-electron chi connectivity index (χ2n) is 6.65. The summed E-state index contributed by atoms with van der Waals surface area (Å²) in [4.78, 5) is 40.2. The topological polar surface area (TPSA) is 111 Å². The van der Waals surface area contributed by atoms with E-state index in [-0.39, 0.29) is 9.80 Å². The predicted octanol–water partition coefficient (Wildman–Crippen LogP) is 2.70. The monoisotopic (exact) mass is 478 g/mol. The van der Waals surface area contributed by atoms with Gasteiger partial charge in [0.15, 0.2) is 5.69 Å². The fourth-order valence-electron chi connectivity index (χ4n) is 3.18. The van der Waals surface area contributed by atoms with Gasteiger partial charge >= 0.3 is 0 Å². The Kier molecular flexibility index (Phi) is 2.27. The van der Waals surface area contributed by atoms with E-state index in [1.807, 2.05) is 0 Å². The predicted molar refractivity (Wildman–Crippen MR) is 127 cm³/mol. The Morgan fingerprint density at radius 3 is 2.41 bits per heavy atom. The van der Waals surface area contributed by atoms with Gasteiger partial charge in [0.1, 0.15) is 11.4 Å². The van der Waals surface area contributed by atoms with Crippen LogP contribution in [0.2, 0.25) is 0 Å². The van der Waals surface area contributed by atoms with E-state index in [4.69, 9.17) is 31.8 Å². The van der Waals surface area contributed by atoms with Crippen LogP contribution < -0.4 is 20.3 Å². The third kappa shape index (κ3) is 3.68. The molecule has 0 radical (unpaired) electrons. The largest absolute Gasteiger partial charge is 0.497 e. The highest BCUT2D eigenvalue weighted by atomic mass is 16.5. The van der Waals surface area contributed by atoms with Crippen LogP contribution in [-0.2, 0) is 11.2 Å². The van der Waals surface area contributed by atoms with Crippen LogP contribution in [0.3, 0.4) is 0 Å². The van der Waals surface area contributed by atoms with Crippen molar-refractivity contribution in [2.75, 3.05) is 29.8 Å². The molecular weight excluding hydrogens is 434 g/mol. The molecule has 174 valence electrons. The number of carbonyl (C=O) groups is 3. The Balaban J connectivity index is 1.72. The standard InChI is InChI=1S/C25H25N5O4/c1-34-19-11-9-18(10-12-19)30-23-20(22(27-30)24(26)32)13-15-29(25(23)33)17-7-5-16(6-8-17)28-14-3-2-4-21(28)31/h5-12H,2-4,13-15H2,1H3,(H2,26,32)/i1D3,2D2,3D2,4D2,9D,10D,11D,12D,13D2,14D2,15D2. The van der Waals surface area contributed by atoms with E-state index in [0.717, 1.165) is 24.3 Å². The molecule has 2 aliphatic heterocycles. The second kappa shape index (κ2) is 8.66. The van der Waals surface area contributed by atoms with E-state index in [2.05, 4.69) is 9.84 Å². The molecule has 9 nitrogen and oxygen atoms in total. The quantitative estimate of drug-likeness (QED) is 0.606. The number of piperidine rings is 1. The van der Waals surface area contributed by atoms with E-state index in [1.54, 1.807) is 0 Å². The number of benzene rings is 2. The number of primary amides is 1. The number of nitrogens with zero attached hydrogens (tertiary/aromatic N) is 4. The van der Waals surface area contributed by atoms with Crippen LogP contribution >= 0.6 is 0 Å². The summed E-state index contributed by atoms with van der Waals surface area (Å²) in [6, 6.07) is -1.08. The van der Waals surface area contributed by atoms with Crippen molar-refractivity contribution in [3.8, 4) is 11.4 Å². The lowest BCUT2D eigenvalue weighted by Gasteiger charge is -2.29. The van der Waals surface area contributed by atoms with Gasteiger partial charge in [-0.15, -0.1) is 0 Å². The Hall–Kier alpha value is -4.14. The first-order valence-electron chi connectivity index (χ1n) is 18.8. The van der Waals surface area contributed by atoms with Gasteiger partial charge in [-0.2, -0.15) is 5.10 Å². The number of rotatable bonds is 5. The van der Waals surface area contributed by atoms with Crippen molar-refractivity contribution >= 4 is 29.1 Å². The number of methoxy groups -OCH3 is 1. The van der Waals surface area contributed by atoms with Crippen molar-refractivity contribution in [3.05, 3.63) is 65.4 Å². The molecule has 2 aromatic carbocycles. The molecule has 0 unspecified atom stereocenters. The maximum Gasteiger partial charge on any atom is 0.277 e. The van der Waals surface area contributed by atoms with Crippen LogP contribution in [0.5, 0.6) is 5.75 Å². The van der Waals surface area contributed by atoms with Crippen LogP contribution in [-0.4, -0.2) is 47.5 Å². The summed E-state index contributed by atoms with van der Waals surface area (Å²) >= 11 is 0. The van der Waals surface area contributed by atoms with Gasteiger partial charge in [0.25, 0.3) is 11.8 Å². The van der Waals surface area contributed by atoms with Gasteiger partial charge in [0.05, 0.1) is 25.1 Å². The summed E-state index contributed by atoms with van der Waals surface area (Å²) < 4.78 is 160. The van der Waals surface area contributed by atoms with Crippen molar-refractivity contribution in [2.24, 2.45) is 5.73 Å². The number of fused-ring (bicyclic) bond motifs is 1. The number of ether oxygens (including phenoxy) is 1. The number of anilines is 2. The molecule has 3 heterocycles. The average Bonchev–Trinajstić information content (AvgIpc) is 3.43. The lowest BCUT2D eigenvalue weighted by Crippen LogP contribution is -2.39. The number of aromatic nitrogens is 2. The Morgan fingerprint density at radius 2 is 1.74 bits per heavy atom. The number of carbonyl (C=O) groups excluding carboxylic acids is 3. The molecule has 9 heteroatoms. The molecule has 1 fully saturated rings. The zero-order chi connectivity index (χ0) is 40.6. The summed E-state index contributed by atoms with van der Waals surface area (Å²) in [6.45, 7) is -7.00. The minimum Gasteiger partial charge on any atom is -0.497 e. The SMILES string of the molecule is [2H]c1c([2H])c(-n2nc(C(N)=O)c3c2C(=O)N(c2ccc(N4C(=O)C([2H])([2H])C([2H])([2H])C([2H])([2H])C4([2H])[2H])cc2)C([2H])([2H])C3([2H])[2H])c([2H])c([2H])c1OC([2H])([2H])[2H]. The highest BCUT2D eigenvalue weighted by Crippen LogP contribution is 2.31. The smallest absolute Gasteiger partial charge is 0.277 e. The van der Waals surface area contributed by atoms with Gasteiger partial charge in [0.2, 0.25) is 5.91 Å². The number of amides is 3. The molecule has 5 rings (SSSR count). The molecule has 0 atom stereocenters. The average molecular weight is 479 g/mol. The molecule has 0 saturated carbocycles. The molecule has 0 aliphatic carbocycles. The normalized spacial score (nSPS) is 33.4. The van der Waals surface area contributed by atoms with Crippen molar-refractivity contribution in [3.63, 3.8) is 0 Å². The zero-order valence-corrected chi connectivity index (χ0v) is 16.8. The van der Waals surface area contributed by atoms with Gasteiger partial charge in [-0.05, 0) is 67.6 Å². The fourth-order valence-corrected chi connectivity index (χ4v) is 3.18. The first-order chi connectivity index (χ1) is 23.8. The number of hydrogen-bond donors (Lipinski definition) is 1. The molecule has 3 amide bonds. The first kappa shape index (κ1) is 8.90. The van der Waals surface area contributed by atoms with Crippen LogP contribution in [0.4, 0.5) is 11.4 Å². The molecule has 1 saturated heterocycles. The van der Waals surface area contributed by atoms with Gasteiger partial charge in [-0.3, -0.25) is 14.4 Å². The minimum atomic E-state index is -3.66. The second-order valence-corrected chi connectivity index (χ2v) is 6.65. The summed E-state index contributed by atoms with van der Waals surface area (Å²) in [5.41, 5.74) is 0.199. The molecule has 0 bridgehead atoms. The van der Waals surface area contributed by atoms with Gasteiger partial charge < -0.3 is 20.3 Å². The highest BCUT2D eigenvalue weighted by Gasteiger charge is 2.34. The zero-order valence-electron chi connectivity index (χ0n) is 35.8. The van der Waals surface area contributed by atoms with Crippen molar-refractivity contribution in [1.29, 1.82) is 0 Å². The third-order valence-electron chi connectivity index (χ3n) is 4.69. The molecule has 3 aromatic rings. The molecular formula is C25H25N5O4. The number of hydrogen-bond acceptors (Lipinski definition) is 5. The molecule has 34 heavy (non-hydrogen) atoms. The van der Waals surface area contributed by atoms with Crippen molar-refractivity contribution < 1.29 is 45.2 Å². The van der Waals surface area contributed by atoms with E-state index in [9.17, 15) is 14.4 Å². The summed E-state index contributed by atoms with van der Waals surface area (Å²) in [5.74, 6) is -5.89. The van der Waals surface area contributed by atoms with E-state index < -0.39 is 127 Å². The van der Waals surface area contributed by atoms with E-state index in [0.29, 0.717) is 4.68 Å². The molecule has 2 N–H and O–H groups in total. The lowest BCUT2D eigenvalue weighted by atomic mass is 10.0. The highest BCUT2D eigenvalue weighted by molar-refractivity contribution is 6.09. The summed E-state index contributed by atoms with van der Waals surface area (Å²) in [5, 5.41) is 3.79. The molecule has 1 aromatic heterocycles. The fraction of sp³-hybridized carbons (Fsp3) is 0.280. The number of nitrogens with two attached hydrogens (primary N) is 1. The Labute approximate surface area is 223 Å². The van der Waals surface area contributed by atoms with E-state index in [1.165, 1.54) is 0 Å². The maximum absolute atomic E-state index is 14.3. The maximum atomic E-state index is 14.3. The van der Waals surface area contributed by atoms with Gasteiger partial charge in [-0.1, -0.05) is 0 Å². The van der Waals surface area contributed by atoms with Crippen LogP contribution in [0.25, 0.3) is 5.69 Å². The van der Waals surface area contributed by atoms with Gasteiger partial charge in [0, 0.05) is 50.0 Å². The van der Waals surface area contributed by atoms with Crippen LogP contribution in [0, 0.1) is 0 Å². The summed E-state index contributed by atoms with van der Waals surface area (Å²) in [6.07, 6.45) is -14.3. The van der Waals surface area contributed by atoms with Crippen LogP contribution in [0.1, 0.15) is 71.7 Å². The molecule has 0 spiro atoms. The Bertz CT molecular complexity index is 2070. The van der Waals surface area contributed by atoms with Crippen LogP contribution in [0.15, 0.2) is 48.4 Å². The minimum absolute atomic E-state index is 0.0123.